The predicted molar refractivity (Wildman–Crippen MR) is 116 cm³/mol. The smallest absolute Gasteiger partial charge is 0.127 e. The van der Waals surface area contributed by atoms with Crippen LogP contribution in [0.1, 0.15) is 5.56 Å². The van der Waals surface area contributed by atoms with Crippen molar-refractivity contribution in [1.82, 2.24) is 0 Å². The molecule has 142 valence electrons. The van der Waals surface area contributed by atoms with Gasteiger partial charge in [-0.1, -0.05) is 43.0 Å². The summed E-state index contributed by atoms with van der Waals surface area (Å²) in [5.41, 5.74) is 1.06. The fraction of sp³-hybridized carbons (Fsp3) is 0. The summed E-state index contributed by atoms with van der Waals surface area (Å²) >= 11 is 0. The molecule has 0 aliphatic heterocycles. The predicted octanol–water partition coefficient (Wildman–Crippen LogP) is 7.71. The molecule has 0 aliphatic rings. The van der Waals surface area contributed by atoms with E-state index < -0.39 is 0 Å². The molecule has 3 heteroatoms. The van der Waals surface area contributed by atoms with Gasteiger partial charge < -0.3 is 14.2 Å². The molecule has 0 aromatic heterocycles. The van der Waals surface area contributed by atoms with Gasteiger partial charge in [-0.3, -0.25) is 0 Å². The average Bonchev–Trinajstić information content (AvgIpc) is 2.78. The summed E-state index contributed by atoms with van der Waals surface area (Å²) in [5.74, 6) is 4.55. The van der Waals surface area contributed by atoms with Crippen molar-refractivity contribution in [3.63, 3.8) is 0 Å². The van der Waals surface area contributed by atoms with Gasteiger partial charge in [-0.15, -0.1) is 0 Å². The lowest BCUT2D eigenvalue weighted by Gasteiger charge is -2.10. The molecule has 4 aromatic rings. The van der Waals surface area contributed by atoms with Crippen molar-refractivity contribution in [2.45, 2.75) is 0 Å². The van der Waals surface area contributed by atoms with Gasteiger partial charge in [0.05, 0.1) is 0 Å². The molecule has 4 aromatic carbocycles. The summed E-state index contributed by atoms with van der Waals surface area (Å²) in [6.07, 6.45) is 1.80. The van der Waals surface area contributed by atoms with Crippen LogP contribution in [0.25, 0.3) is 6.08 Å². The molecule has 0 amide bonds. The quantitative estimate of drug-likeness (QED) is 0.329. The van der Waals surface area contributed by atoms with Crippen molar-refractivity contribution in [2.75, 3.05) is 0 Å². The van der Waals surface area contributed by atoms with E-state index in [4.69, 9.17) is 14.2 Å². The van der Waals surface area contributed by atoms with E-state index in [1.165, 1.54) is 0 Å². The summed E-state index contributed by atoms with van der Waals surface area (Å²) in [6, 6.07) is 32.5. The van der Waals surface area contributed by atoms with Crippen molar-refractivity contribution in [3.05, 3.63) is 115 Å². The first kappa shape index (κ1) is 18.4. The molecule has 0 radical (unpaired) electrons. The fourth-order valence-electron chi connectivity index (χ4n) is 2.72. The first-order valence-electron chi connectivity index (χ1n) is 9.30. The largest absolute Gasteiger partial charge is 0.457 e. The highest BCUT2D eigenvalue weighted by Crippen LogP contribution is 2.29. The zero-order valence-electron chi connectivity index (χ0n) is 15.8. The second kappa shape index (κ2) is 8.81. The van der Waals surface area contributed by atoms with Crippen LogP contribution in [-0.4, -0.2) is 0 Å². The maximum Gasteiger partial charge on any atom is 0.127 e. The van der Waals surface area contributed by atoms with E-state index >= 15 is 0 Å². The van der Waals surface area contributed by atoms with Crippen molar-refractivity contribution < 1.29 is 14.2 Å². The lowest BCUT2D eigenvalue weighted by atomic mass is 10.2. The Labute approximate surface area is 170 Å². The van der Waals surface area contributed by atoms with Crippen molar-refractivity contribution in [2.24, 2.45) is 0 Å². The topological polar surface area (TPSA) is 27.7 Å². The highest BCUT2D eigenvalue weighted by molar-refractivity contribution is 5.49. The molecule has 0 aliphatic carbocycles. The van der Waals surface area contributed by atoms with Crippen molar-refractivity contribution in [3.8, 4) is 34.5 Å². The Hall–Kier alpha value is -3.98. The fourth-order valence-corrected chi connectivity index (χ4v) is 2.72. The Morgan fingerprint density at radius 2 is 0.724 bits per heavy atom. The number of hydrogen-bond donors (Lipinski definition) is 0. The standard InChI is InChI=1S/C26H20O3/c1-2-20-8-10-22(11-9-20)28-24-16-18-26(19-17-24)29-25-14-12-23(13-15-25)27-21-6-4-3-5-7-21/h2-19H,1H2. The van der Waals surface area contributed by atoms with Crippen LogP contribution in [-0.2, 0) is 0 Å². The Morgan fingerprint density at radius 3 is 1.07 bits per heavy atom. The minimum absolute atomic E-state index is 0.732. The monoisotopic (exact) mass is 380 g/mol. The van der Waals surface area contributed by atoms with Gasteiger partial charge in [0.1, 0.15) is 34.5 Å². The summed E-state index contributed by atoms with van der Waals surface area (Å²) in [7, 11) is 0. The van der Waals surface area contributed by atoms with Gasteiger partial charge in [0, 0.05) is 0 Å². The second-order valence-electron chi connectivity index (χ2n) is 6.34. The maximum atomic E-state index is 5.90. The number of para-hydroxylation sites is 1. The number of rotatable bonds is 7. The first-order valence-corrected chi connectivity index (χ1v) is 9.30. The normalized spacial score (nSPS) is 10.2. The second-order valence-corrected chi connectivity index (χ2v) is 6.34. The van der Waals surface area contributed by atoms with Gasteiger partial charge in [0.2, 0.25) is 0 Å². The van der Waals surface area contributed by atoms with Gasteiger partial charge in [-0.05, 0) is 78.4 Å². The molecular weight excluding hydrogens is 360 g/mol. The molecule has 0 saturated carbocycles. The van der Waals surface area contributed by atoms with Crippen molar-refractivity contribution in [1.29, 1.82) is 0 Å². The molecule has 0 bridgehead atoms. The molecule has 0 unspecified atom stereocenters. The summed E-state index contributed by atoms with van der Waals surface area (Å²) < 4.78 is 17.5. The highest BCUT2D eigenvalue weighted by atomic mass is 16.5. The van der Waals surface area contributed by atoms with Crippen LogP contribution in [0.4, 0.5) is 0 Å². The molecule has 0 fully saturated rings. The molecule has 0 spiro atoms. The van der Waals surface area contributed by atoms with Crippen LogP contribution in [0.5, 0.6) is 34.5 Å². The molecule has 0 saturated heterocycles. The van der Waals surface area contributed by atoms with Gasteiger partial charge in [-0.2, -0.15) is 0 Å². The lowest BCUT2D eigenvalue weighted by Crippen LogP contribution is -1.87. The third-order valence-electron chi connectivity index (χ3n) is 4.21. The summed E-state index contributed by atoms with van der Waals surface area (Å²) in [6.45, 7) is 3.75. The highest BCUT2D eigenvalue weighted by Gasteiger charge is 2.02. The van der Waals surface area contributed by atoms with E-state index in [-0.39, 0.29) is 0 Å². The molecular formula is C26H20O3. The third-order valence-corrected chi connectivity index (χ3v) is 4.21. The zero-order valence-corrected chi connectivity index (χ0v) is 15.8. The number of ether oxygens (including phenoxy) is 3. The van der Waals surface area contributed by atoms with Crippen LogP contribution in [0.15, 0.2) is 110 Å². The van der Waals surface area contributed by atoms with Gasteiger partial charge in [0.15, 0.2) is 0 Å². The van der Waals surface area contributed by atoms with Crippen molar-refractivity contribution >= 4 is 6.08 Å². The van der Waals surface area contributed by atoms with Crippen LogP contribution in [0.2, 0.25) is 0 Å². The molecule has 0 N–H and O–H groups in total. The van der Waals surface area contributed by atoms with Gasteiger partial charge in [0.25, 0.3) is 0 Å². The minimum atomic E-state index is 0.732. The molecule has 4 rings (SSSR count). The van der Waals surface area contributed by atoms with Crippen LogP contribution in [0, 0.1) is 0 Å². The average molecular weight is 380 g/mol. The van der Waals surface area contributed by atoms with Crippen LogP contribution < -0.4 is 14.2 Å². The Morgan fingerprint density at radius 1 is 0.414 bits per heavy atom. The Bertz CT molecular complexity index is 1050. The van der Waals surface area contributed by atoms with Gasteiger partial charge in [-0.25, -0.2) is 0 Å². The van der Waals surface area contributed by atoms with Crippen LogP contribution in [0.3, 0.4) is 0 Å². The summed E-state index contributed by atoms with van der Waals surface area (Å²) in [4.78, 5) is 0. The van der Waals surface area contributed by atoms with E-state index in [0.29, 0.717) is 0 Å². The SMILES string of the molecule is C=Cc1ccc(Oc2ccc(Oc3ccc(Oc4ccccc4)cc3)cc2)cc1. The van der Waals surface area contributed by atoms with Crippen LogP contribution >= 0.6 is 0 Å². The minimum Gasteiger partial charge on any atom is -0.457 e. The van der Waals surface area contributed by atoms with Gasteiger partial charge >= 0.3 is 0 Å². The van der Waals surface area contributed by atoms with E-state index in [2.05, 4.69) is 6.58 Å². The Balaban J connectivity index is 1.36. The lowest BCUT2D eigenvalue weighted by molar-refractivity contribution is 0.464. The number of benzene rings is 4. The Kier molecular flexibility index (Phi) is 5.58. The zero-order chi connectivity index (χ0) is 19.9. The molecule has 29 heavy (non-hydrogen) atoms. The maximum absolute atomic E-state index is 5.90. The first-order chi connectivity index (χ1) is 14.3. The van der Waals surface area contributed by atoms with E-state index in [0.717, 1.165) is 40.1 Å². The van der Waals surface area contributed by atoms with E-state index in [1.54, 1.807) is 6.08 Å². The molecule has 3 nitrogen and oxygen atoms in total. The number of hydrogen-bond acceptors (Lipinski definition) is 3. The molecule has 0 heterocycles. The van der Waals surface area contributed by atoms with E-state index in [1.807, 2.05) is 103 Å². The third kappa shape index (κ3) is 5.05. The van der Waals surface area contributed by atoms with E-state index in [9.17, 15) is 0 Å². The molecule has 0 atom stereocenters. The summed E-state index contributed by atoms with van der Waals surface area (Å²) in [5, 5.41) is 0.